The highest BCUT2D eigenvalue weighted by Crippen LogP contribution is 2.35. The number of unbranched alkanes of at least 4 members (excludes halogenated alkanes) is 1. The third-order valence-electron chi connectivity index (χ3n) is 3.88. The molecule has 2 unspecified atom stereocenters. The SMILES string of the molecule is C=CCCCC1(O)CC2CCCC(C1)N2. The van der Waals surface area contributed by atoms with Gasteiger partial charge in [0, 0.05) is 12.1 Å². The van der Waals surface area contributed by atoms with Crippen LogP contribution >= 0.6 is 0 Å². The molecule has 0 aromatic rings. The van der Waals surface area contributed by atoms with E-state index in [2.05, 4.69) is 11.9 Å². The second-order valence-corrected chi connectivity index (χ2v) is 5.30. The molecule has 2 nitrogen and oxygen atoms in total. The summed E-state index contributed by atoms with van der Waals surface area (Å²) in [4.78, 5) is 0. The molecule has 15 heavy (non-hydrogen) atoms. The van der Waals surface area contributed by atoms with Crippen molar-refractivity contribution in [3.05, 3.63) is 12.7 Å². The Morgan fingerprint density at radius 2 is 2.00 bits per heavy atom. The molecular formula is C13H23NO. The number of allylic oxidation sites excluding steroid dienone is 1. The molecule has 2 heteroatoms. The average Bonchev–Trinajstić information content (AvgIpc) is 2.17. The Hall–Kier alpha value is -0.340. The minimum atomic E-state index is -0.385. The van der Waals surface area contributed by atoms with Gasteiger partial charge in [-0.05, 0) is 44.9 Å². The van der Waals surface area contributed by atoms with Crippen molar-refractivity contribution in [3.8, 4) is 0 Å². The van der Waals surface area contributed by atoms with Gasteiger partial charge in [0.1, 0.15) is 0 Å². The number of fused-ring (bicyclic) bond motifs is 2. The van der Waals surface area contributed by atoms with Crippen LogP contribution in [-0.2, 0) is 0 Å². The predicted octanol–water partition coefficient (Wildman–Crippen LogP) is 2.38. The van der Waals surface area contributed by atoms with Crippen molar-refractivity contribution in [2.45, 2.75) is 69.1 Å². The highest BCUT2D eigenvalue weighted by molar-refractivity contribution is 4.97. The maximum atomic E-state index is 10.5. The Bertz CT molecular complexity index is 215. The number of rotatable bonds is 4. The van der Waals surface area contributed by atoms with Gasteiger partial charge in [-0.2, -0.15) is 0 Å². The van der Waals surface area contributed by atoms with Crippen LogP contribution in [0.3, 0.4) is 0 Å². The normalized spacial score (nSPS) is 40.1. The summed E-state index contributed by atoms with van der Waals surface area (Å²) in [5, 5.41) is 14.1. The Morgan fingerprint density at radius 3 is 2.60 bits per heavy atom. The third-order valence-corrected chi connectivity index (χ3v) is 3.88. The van der Waals surface area contributed by atoms with Crippen LogP contribution in [0.25, 0.3) is 0 Å². The number of piperidine rings is 2. The first kappa shape index (κ1) is 11.2. The van der Waals surface area contributed by atoms with E-state index in [0.717, 1.165) is 32.1 Å². The highest BCUT2D eigenvalue weighted by atomic mass is 16.3. The first-order valence-corrected chi connectivity index (χ1v) is 6.31. The van der Waals surface area contributed by atoms with Gasteiger partial charge in [0.15, 0.2) is 0 Å². The summed E-state index contributed by atoms with van der Waals surface area (Å²) in [6, 6.07) is 1.15. The van der Waals surface area contributed by atoms with Crippen molar-refractivity contribution in [1.29, 1.82) is 0 Å². The third kappa shape index (κ3) is 2.82. The fourth-order valence-corrected chi connectivity index (χ4v) is 3.21. The van der Waals surface area contributed by atoms with E-state index in [1.165, 1.54) is 19.3 Å². The van der Waals surface area contributed by atoms with Gasteiger partial charge in [0.2, 0.25) is 0 Å². The second-order valence-electron chi connectivity index (χ2n) is 5.30. The van der Waals surface area contributed by atoms with Crippen molar-refractivity contribution in [2.75, 3.05) is 0 Å². The van der Waals surface area contributed by atoms with Crippen molar-refractivity contribution in [2.24, 2.45) is 0 Å². The number of hydrogen-bond acceptors (Lipinski definition) is 2. The van der Waals surface area contributed by atoms with Gasteiger partial charge in [0.25, 0.3) is 0 Å². The van der Waals surface area contributed by atoms with Crippen molar-refractivity contribution in [3.63, 3.8) is 0 Å². The van der Waals surface area contributed by atoms with Crippen LogP contribution < -0.4 is 5.32 Å². The van der Waals surface area contributed by atoms with E-state index < -0.39 is 0 Å². The van der Waals surface area contributed by atoms with Gasteiger partial charge in [-0.3, -0.25) is 0 Å². The van der Waals surface area contributed by atoms with Gasteiger partial charge in [-0.15, -0.1) is 6.58 Å². The minimum Gasteiger partial charge on any atom is -0.390 e. The Balaban J connectivity index is 1.87. The van der Waals surface area contributed by atoms with Crippen LogP contribution in [0.15, 0.2) is 12.7 Å². The number of nitrogens with one attached hydrogen (secondary N) is 1. The summed E-state index contributed by atoms with van der Waals surface area (Å²) in [5.74, 6) is 0. The first-order chi connectivity index (χ1) is 7.22. The molecule has 0 aliphatic carbocycles. The predicted molar refractivity (Wildman–Crippen MR) is 62.8 cm³/mol. The molecule has 2 rings (SSSR count). The lowest BCUT2D eigenvalue weighted by atomic mass is 9.75. The number of aliphatic hydroxyl groups is 1. The van der Waals surface area contributed by atoms with E-state index >= 15 is 0 Å². The first-order valence-electron chi connectivity index (χ1n) is 6.31. The molecule has 2 N–H and O–H groups in total. The van der Waals surface area contributed by atoms with Gasteiger partial charge in [-0.25, -0.2) is 0 Å². The maximum Gasteiger partial charge on any atom is 0.0677 e. The molecule has 86 valence electrons. The Kier molecular flexibility index (Phi) is 3.47. The van der Waals surface area contributed by atoms with Gasteiger partial charge >= 0.3 is 0 Å². The van der Waals surface area contributed by atoms with E-state index in [0.29, 0.717) is 12.1 Å². The summed E-state index contributed by atoms with van der Waals surface area (Å²) in [6.07, 6.45) is 10.8. The van der Waals surface area contributed by atoms with Crippen molar-refractivity contribution >= 4 is 0 Å². The standard InChI is InChI=1S/C13H23NO/c1-2-3-4-8-13(15)9-11-6-5-7-12(10-13)14-11/h2,11-12,14-15H,1,3-10H2. The van der Waals surface area contributed by atoms with Crippen LogP contribution in [0.2, 0.25) is 0 Å². The molecule has 0 aromatic heterocycles. The summed E-state index contributed by atoms with van der Waals surface area (Å²) in [6.45, 7) is 3.73. The molecule has 2 fully saturated rings. The molecule has 2 atom stereocenters. The smallest absolute Gasteiger partial charge is 0.0677 e. The summed E-state index contributed by atoms with van der Waals surface area (Å²) >= 11 is 0. The van der Waals surface area contributed by atoms with Crippen LogP contribution in [0.5, 0.6) is 0 Å². The van der Waals surface area contributed by atoms with E-state index in [9.17, 15) is 5.11 Å². The molecule has 0 radical (unpaired) electrons. The molecule has 2 bridgehead atoms. The van der Waals surface area contributed by atoms with Crippen LogP contribution in [0.4, 0.5) is 0 Å². The van der Waals surface area contributed by atoms with E-state index in [1.54, 1.807) is 0 Å². The Labute approximate surface area is 92.8 Å². The molecular weight excluding hydrogens is 186 g/mol. The molecule has 2 aliphatic rings. The molecule has 2 aliphatic heterocycles. The molecule has 0 amide bonds. The Morgan fingerprint density at radius 1 is 1.33 bits per heavy atom. The zero-order chi connectivity index (χ0) is 10.7. The van der Waals surface area contributed by atoms with Gasteiger partial charge in [-0.1, -0.05) is 12.5 Å². The van der Waals surface area contributed by atoms with Gasteiger partial charge < -0.3 is 10.4 Å². The van der Waals surface area contributed by atoms with Crippen molar-refractivity contribution in [1.82, 2.24) is 5.32 Å². The highest BCUT2D eigenvalue weighted by Gasteiger charge is 2.39. The second kappa shape index (κ2) is 4.67. The molecule has 0 aromatic carbocycles. The van der Waals surface area contributed by atoms with Crippen LogP contribution in [0.1, 0.15) is 51.4 Å². The molecule has 2 heterocycles. The quantitative estimate of drug-likeness (QED) is 0.550. The fraction of sp³-hybridized carbons (Fsp3) is 0.846. The van der Waals surface area contributed by atoms with E-state index in [1.807, 2.05) is 6.08 Å². The zero-order valence-electron chi connectivity index (χ0n) is 9.54. The molecule has 2 saturated heterocycles. The zero-order valence-corrected chi connectivity index (χ0v) is 9.54. The molecule has 0 saturated carbocycles. The van der Waals surface area contributed by atoms with Crippen molar-refractivity contribution < 1.29 is 5.11 Å². The van der Waals surface area contributed by atoms with Crippen LogP contribution in [0, 0.1) is 0 Å². The topological polar surface area (TPSA) is 32.3 Å². The van der Waals surface area contributed by atoms with E-state index in [4.69, 9.17) is 0 Å². The lowest BCUT2D eigenvalue weighted by molar-refractivity contribution is -0.0382. The lowest BCUT2D eigenvalue weighted by Gasteiger charge is -2.45. The lowest BCUT2D eigenvalue weighted by Crippen LogP contribution is -2.55. The van der Waals surface area contributed by atoms with E-state index in [-0.39, 0.29) is 5.60 Å². The molecule has 0 spiro atoms. The monoisotopic (exact) mass is 209 g/mol. The largest absolute Gasteiger partial charge is 0.390 e. The fourth-order valence-electron chi connectivity index (χ4n) is 3.21. The van der Waals surface area contributed by atoms with Crippen LogP contribution in [-0.4, -0.2) is 22.8 Å². The number of hydrogen-bond donors (Lipinski definition) is 2. The summed E-state index contributed by atoms with van der Waals surface area (Å²) in [5.41, 5.74) is -0.385. The van der Waals surface area contributed by atoms with Gasteiger partial charge in [0.05, 0.1) is 5.60 Å². The average molecular weight is 209 g/mol. The maximum absolute atomic E-state index is 10.5. The summed E-state index contributed by atoms with van der Waals surface area (Å²) in [7, 11) is 0. The minimum absolute atomic E-state index is 0.385. The summed E-state index contributed by atoms with van der Waals surface area (Å²) < 4.78 is 0.